The van der Waals surface area contributed by atoms with Crippen molar-refractivity contribution in [3.63, 3.8) is 0 Å². The number of terminal acetylenes is 1. The monoisotopic (exact) mass is 759 g/mol. The number of fused-ring (bicyclic) bond motifs is 1. The fourth-order valence-corrected chi connectivity index (χ4v) is 9.05. The highest BCUT2D eigenvalue weighted by Crippen LogP contribution is 2.57. The molecule has 0 aliphatic heterocycles. The van der Waals surface area contributed by atoms with Gasteiger partial charge in [0.05, 0.1) is 22.5 Å². The summed E-state index contributed by atoms with van der Waals surface area (Å²) >= 11 is 0. The molecule has 1 unspecified atom stereocenters. The van der Waals surface area contributed by atoms with E-state index in [0.29, 0.717) is 11.5 Å². The molecule has 0 radical (unpaired) electrons. The third-order valence-electron chi connectivity index (χ3n) is 12.1. The van der Waals surface area contributed by atoms with Crippen LogP contribution in [0.4, 0.5) is 0 Å². The summed E-state index contributed by atoms with van der Waals surface area (Å²) in [5, 5.41) is 1.07. The maximum atomic E-state index is 6.52. The number of para-hydroxylation sites is 1. The van der Waals surface area contributed by atoms with Crippen molar-refractivity contribution in [2.45, 2.75) is 39.0 Å². The number of allylic oxidation sites excluding steroid dienone is 6. The molecule has 59 heavy (non-hydrogen) atoms. The maximum Gasteiger partial charge on any atom is 0.160 e. The van der Waals surface area contributed by atoms with Crippen LogP contribution in [-0.4, -0.2) is 16.1 Å². The molecule has 0 saturated carbocycles. The summed E-state index contributed by atoms with van der Waals surface area (Å²) in [5.74, 6) is 3.78. The summed E-state index contributed by atoms with van der Waals surface area (Å²) in [6.07, 6.45) is 13.2. The van der Waals surface area contributed by atoms with Gasteiger partial charge in [-0.15, -0.1) is 6.42 Å². The molecule has 0 saturated heterocycles. The molecule has 9 rings (SSSR count). The number of rotatable bonds is 8. The van der Waals surface area contributed by atoms with Crippen molar-refractivity contribution < 1.29 is 0 Å². The van der Waals surface area contributed by atoms with E-state index < -0.39 is 5.41 Å². The van der Waals surface area contributed by atoms with E-state index in [1.807, 2.05) is 43.3 Å². The van der Waals surface area contributed by atoms with Gasteiger partial charge in [-0.1, -0.05) is 170 Å². The molecular formula is C56H45N3. The second-order valence-electron chi connectivity index (χ2n) is 15.5. The Bertz CT molecular complexity index is 2930. The lowest BCUT2D eigenvalue weighted by Crippen LogP contribution is -2.26. The van der Waals surface area contributed by atoms with E-state index >= 15 is 0 Å². The Morgan fingerprint density at radius 2 is 1.31 bits per heavy atom. The summed E-state index contributed by atoms with van der Waals surface area (Å²) in [6, 6.07) is 57.0. The normalized spacial score (nSPS) is 16.7. The van der Waals surface area contributed by atoms with Gasteiger partial charge in [-0.25, -0.2) is 9.98 Å². The minimum absolute atomic E-state index is 0.392. The number of nitrogens with zero attached hydrogens (tertiary/aromatic N) is 3. The highest BCUT2D eigenvalue weighted by Gasteiger charge is 2.45. The zero-order valence-corrected chi connectivity index (χ0v) is 33.8. The number of hydrogen-bond donors (Lipinski definition) is 0. The van der Waals surface area contributed by atoms with Crippen LogP contribution in [0.3, 0.4) is 0 Å². The van der Waals surface area contributed by atoms with Crippen molar-refractivity contribution in [3.05, 3.63) is 233 Å². The van der Waals surface area contributed by atoms with Crippen LogP contribution in [0.15, 0.2) is 209 Å². The number of benzene rings is 6. The number of hydrogen-bond acceptors (Lipinski definition) is 1. The summed E-state index contributed by atoms with van der Waals surface area (Å²) in [4.78, 5) is 10.2. The van der Waals surface area contributed by atoms with Gasteiger partial charge in [0.15, 0.2) is 5.84 Å². The van der Waals surface area contributed by atoms with Gasteiger partial charge in [0, 0.05) is 27.8 Å². The largest absolute Gasteiger partial charge is 0.308 e. The standard InChI is InChI=1S/C56H45N3/c1-6-48-50-27-17-19-29-52(50)59(54(48)53-38(2)49-26-16-18-28-51(49)56(53,5)46-24-14-9-15-25-46)47-36-34-42(35-37-47)40(4)58-55(57-39(3)41-20-10-7-11-21-41)45-32-30-44(31-33-45)43-22-12-8-13-23-43/h1,7-15,17-25,27-37H,3,16,26H2,2,4-5H3. The number of aromatic nitrogens is 1. The predicted molar refractivity (Wildman–Crippen MR) is 249 cm³/mol. The van der Waals surface area contributed by atoms with Crippen LogP contribution in [0.5, 0.6) is 0 Å². The molecule has 1 heterocycles. The van der Waals surface area contributed by atoms with Gasteiger partial charge in [0.25, 0.3) is 0 Å². The lowest BCUT2D eigenvalue weighted by molar-refractivity contribution is 0.735. The fraction of sp³-hybridized carbons (Fsp3) is 0.107. The average Bonchev–Trinajstić information content (AvgIpc) is 3.74. The Kier molecular flexibility index (Phi) is 9.85. The smallest absolute Gasteiger partial charge is 0.160 e. The lowest BCUT2D eigenvalue weighted by atomic mass is 9.70. The first-order valence-corrected chi connectivity index (χ1v) is 20.3. The SMILES string of the molecule is C#Cc1c(C2=C(C)C3=C(C=CCC3)C2(C)c2ccccc2)n(-c2ccc(C(C)=NC(=NC(=C)c3ccccc3)c3ccc(-c4ccccc4)cc3)cc2)c2ccccc12. The summed E-state index contributed by atoms with van der Waals surface area (Å²) < 4.78 is 2.38. The second-order valence-corrected chi connectivity index (χ2v) is 15.5. The van der Waals surface area contributed by atoms with Crippen LogP contribution in [0, 0.1) is 12.3 Å². The van der Waals surface area contributed by atoms with Gasteiger partial charge in [-0.3, -0.25) is 0 Å². The van der Waals surface area contributed by atoms with Crippen molar-refractivity contribution in [1.29, 1.82) is 0 Å². The van der Waals surface area contributed by atoms with Gasteiger partial charge < -0.3 is 4.57 Å². The summed E-state index contributed by atoms with van der Waals surface area (Å²) in [5.41, 5.74) is 17.0. The number of amidine groups is 1. The van der Waals surface area contributed by atoms with Crippen LogP contribution in [0.25, 0.3) is 39.0 Å². The molecule has 3 nitrogen and oxygen atoms in total. The highest BCUT2D eigenvalue weighted by molar-refractivity contribution is 6.13. The van der Waals surface area contributed by atoms with Gasteiger partial charge >= 0.3 is 0 Å². The third-order valence-corrected chi connectivity index (χ3v) is 12.1. The molecule has 0 spiro atoms. The number of aliphatic imine (C=N–C) groups is 2. The highest BCUT2D eigenvalue weighted by atomic mass is 15.0. The Morgan fingerprint density at radius 1 is 0.695 bits per heavy atom. The Hall–Kier alpha value is -7.28. The molecule has 3 heteroatoms. The van der Waals surface area contributed by atoms with E-state index in [1.54, 1.807) is 0 Å². The van der Waals surface area contributed by atoms with Crippen molar-refractivity contribution in [1.82, 2.24) is 4.57 Å². The third kappa shape index (κ3) is 6.63. The first-order valence-electron chi connectivity index (χ1n) is 20.3. The summed E-state index contributed by atoms with van der Waals surface area (Å²) in [6.45, 7) is 11.1. The van der Waals surface area contributed by atoms with Crippen molar-refractivity contribution >= 4 is 33.7 Å². The van der Waals surface area contributed by atoms with E-state index in [0.717, 1.165) is 74.2 Å². The molecule has 0 amide bonds. The van der Waals surface area contributed by atoms with Crippen molar-refractivity contribution in [2.24, 2.45) is 9.98 Å². The Labute approximate surface area is 347 Å². The van der Waals surface area contributed by atoms with Crippen molar-refractivity contribution in [2.75, 3.05) is 0 Å². The molecule has 1 aromatic heterocycles. The molecule has 0 fully saturated rings. The van der Waals surface area contributed by atoms with E-state index in [4.69, 9.17) is 16.4 Å². The second kappa shape index (κ2) is 15.6. The first kappa shape index (κ1) is 37.3. The quantitative estimate of drug-likeness (QED) is 0.0839. The predicted octanol–water partition coefficient (Wildman–Crippen LogP) is 13.6. The van der Waals surface area contributed by atoms with Crippen LogP contribution >= 0.6 is 0 Å². The molecule has 284 valence electrons. The molecule has 6 aromatic carbocycles. The van der Waals surface area contributed by atoms with E-state index in [-0.39, 0.29) is 0 Å². The first-order chi connectivity index (χ1) is 28.9. The molecule has 2 aliphatic rings. The van der Waals surface area contributed by atoms with E-state index in [9.17, 15) is 0 Å². The van der Waals surface area contributed by atoms with Gasteiger partial charge in [0.2, 0.25) is 0 Å². The Balaban J connectivity index is 1.15. The van der Waals surface area contributed by atoms with Crippen LogP contribution in [0.2, 0.25) is 0 Å². The molecule has 1 atom stereocenters. The van der Waals surface area contributed by atoms with Crippen LogP contribution in [0.1, 0.15) is 67.1 Å². The molecule has 2 aliphatic carbocycles. The van der Waals surface area contributed by atoms with E-state index in [1.165, 1.54) is 27.9 Å². The Morgan fingerprint density at radius 3 is 2.00 bits per heavy atom. The maximum absolute atomic E-state index is 6.52. The van der Waals surface area contributed by atoms with Gasteiger partial charge in [-0.05, 0) is 102 Å². The van der Waals surface area contributed by atoms with Gasteiger partial charge in [0.1, 0.15) is 0 Å². The minimum atomic E-state index is -0.392. The minimum Gasteiger partial charge on any atom is -0.308 e. The molecule has 0 bridgehead atoms. The fourth-order valence-electron chi connectivity index (χ4n) is 9.05. The topological polar surface area (TPSA) is 29.6 Å². The molecule has 7 aromatic rings. The zero-order valence-electron chi connectivity index (χ0n) is 33.8. The zero-order chi connectivity index (χ0) is 40.5. The van der Waals surface area contributed by atoms with Gasteiger partial charge in [-0.2, -0.15) is 0 Å². The van der Waals surface area contributed by atoms with Crippen LogP contribution in [-0.2, 0) is 5.41 Å². The molecular weight excluding hydrogens is 715 g/mol. The average molecular weight is 760 g/mol. The van der Waals surface area contributed by atoms with E-state index in [2.05, 4.69) is 170 Å². The van der Waals surface area contributed by atoms with Crippen LogP contribution < -0.4 is 0 Å². The molecule has 0 N–H and O–H groups in total. The lowest BCUT2D eigenvalue weighted by Gasteiger charge is -2.33. The summed E-state index contributed by atoms with van der Waals surface area (Å²) in [7, 11) is 0. The van der Waals surface area contributed by atoms with Crippen molar-refractivity contribution in [3.8, 4) is 29.2 Å².